The lowest BCUT2D eigenvalue weighted by Gasteiger charge is -2.35. The molecule has 39 heavy (non-hydrogen) atoms. The van der Waals surface area contributed by atoms with Gasteiger partial charge in [-0.15, -0.1) is 5.10 Å². The number of nitrogens with zero attached hydrogens (tertiary/aromatic N) is 6. The molecule has 4 heterocycles. The Morgan fingerprint density at radius 2 is 1.77 bits per heavy atom. The van der Waals surface area contributed by atoms with Crippen molar-refractivity contribution in [1.82, 2.24) is 20.0 Å². The Hall–Kier alpha value is -3.25. The van der Waals surface area contributed by atoms with Crippen LogP contribution >= 0.6 is 0 Å². The maximum atomic E-state index is 14.7. The summed E-state index contributed by atoms with van der Waals surface area (Å²) < 4.78 is 43.5. The highest BCUT2D eigenvalue weighted by atomic mass is 32.2. The predicted octanol–water partition coefficient (Wildman–Crippen LogP) is 3.04. The van der Waals surface area contributed by atoms with E-state index in [1.165, 1.54) is 25.3 Å². The first-order valence-corrected chi connectivity index (χ1v) is 15.3. The minimum atomic E-state index is -3.66. The zero-order valence-corrected chi connectivity index (χ0v) is 22.4. The van der Waals surface area contributed by atoms with Crippen molar-refractivity contribution >= 4 is 27.2 Å². The van der Waals surface area contributed by atoms with E-state index in [1.807, 2.05) is 17.0 Å². The van der Waals surface area contributed by atoms with Crippen molar-refractivity contribution in [3.8, 4) is 17.1 Å². The van der Waals surface area contributed by atoms with E-state index in [-0.39, 0.29) is 11.6 Å². The number of hydrogen-bond acceptors (Lipinski definition) is 8. The fourth-order valence-electron chi connectivity index (χ4n) is 6.15. The average Bonchev–Trinajstić information content (AvgIpc) is 3.73. The summed E-state index contributed by atoms with van der Waals surface area (Å²) in [4.78, 5) is 8.92. The first kappa shape index (κ1) is 24.8. The molecule has 4 aliphatic rings. The van der Waals surface area contributed by atoms with Crippen LogP contribution in [0.3, 0.4) is 0 Å². The fourth-order valence-corrected chi connectivity index (χ4v) is 6.98. The van der Waals surface area contributed by atoms with Crippen LogP contribution in [0.15, 0.2) is 36.5 Å². The van der Waals surface area contributed by atoms with Gasteiger partial charge in [0.2, 0.25) is 10.0 Å². The predicted molar refractivity (Wildman–Crippen MR) is 146 cm³/mol. The average molecular weight is 554 g/mol. The van der Waals surface area contributed by atoms with Crippen LogP contribution in [-0.2, 0) is 10.0 Å². The van der Waals surface area contributed by atoms with Gasteiger partial charge >= 0.3 is 0 Å². The standard InChI is InChI=1S/C27H32FN7O3S/c28-21-2-3-22(29-26(21)34-15-18-13-19(18)16-34)23-17-35(32-30-23)24-4-1-20(31-39(37,38)12-11-36)14-25(24)33-9-7-27(5-6-27)8-10-33/h1-4,14,17-19,31,36H,5-13,15-16H2. The Balaban J connectivity index is 1.20. The van der Waals surface area contributed by atoms with Crippen molar-refractivity contribution in [2.24, 2.45) is 17.3 Å². The van der Waals surface area contributed by atoms with E-state index in [4.69, 9.17) is 5.11 Å². The molecule has 0 bridgehead atoms. The summed E-state index contributed by atoms with van der Waals surface area (Å²) in [6.07, 6.45) is 7.80. The SMILES string of the molecule is O=S(=O)(CCO)Nc1ccc(-n2cc(-c3ccc(F)c(N4CC5CC5C4)n3)nn2)c(N2CCC3(CC2)CC3)c1. The van der Waals surface area contributed by atoms with Gasteiger partial charge in [-0.25, -0.2) is 22.5 Å². The molecule has 0 radical (unpaired) electrons. The summed E-state index contributed by atoms with van der Waals surface area (Å²) in [5, 5.41) is 17.9. The Labute approximate surface area is 226 Å². The highest BCUT2D eigenvalue weighted by molar-refractivity contribution is 7.92. The lowest BCUT2D eigenvalue weighted by Crippen LogP contribution is -2.35. The Morgan fingerprint density at radius 1 is 1.00 bits per heavy atom. The first-order valence-electron chi connectivity index (χ1n) is 13.7. The molecule has 2 saturated carbocycles. The van der Waals surface area contributed by atoms with Crippen LogP contribution in [0.1, 0.15) is 32.1 Å². The van der Waals surface area contributed by atoms with Crippen molar-refractivity contribution in [1.29, 1.82) is 0 Å². The monoisotopic (exact) mass is 553 g/mol. The van der Waals surface area contributed by atoms with Gasteiger partial charge in [0.1, 0.15) is 5.69 Å². The molecule has 4 fully saturated rings. The minimum absolute atomic E-state index is 0.326. The van der Waals surface area contributed by atoms with Gasteiger partial charge in [0, 0.05) is 26.2 Å². The third kappa shape index (κ3) is 4.84. The van der Waals surface area contributed by atoms with Crippen molar-refractivity contribution < 1.29 is 17.9 Å². The number of piperidine rings is 2. The number of pyridine rings is 1. The molecular weight excluding hydrogens is 521 g/mol. The number of anilines is 3. The summed E-state index contributed by atoms with van der Waals surface area (Å²) in [6, 6.07) is 8.41. The summed E-state index contributed by atoms with van der Waals surface area (Å²) >= 11 is 0. The van der Waals surface area contributed by atoms with E-state index in [0.29, 0.717) is 40.1 Å². The zero-order chi connectivity index (χ0) is 26.8. The van der Waals surface area contributed by atoms with Gasteiger partial charge in [0.25, 0.3) is 0 Å². The number of aliphatic hydroxyl groups excluding tert-OH is 1. The number of benzene rings is 1. The smallest absolute Gasteiger partial charge is 0.234 e. The van der Waals surface area contributed by atoms with Gasteiger partial charge in [0.05, 0.1) is 41.3 Å². The lowest BCUT2D eigenvalue weighted by atomic mass is 9.93. The normalized spacial score (nSPS) is 23.2. The van der Waals surface area contributed by atoms with Gasteiger partial charge in [-0.1, -0.05) is 5.21 Å². The molecule has 3 aromatic rings. The quantitative estimate of drug-likeness (QED) is 0.437. The van der Waals surface area contributed by atoms with Gasteiger partial charge in [-0.05, 0) is 79.7 Å². The van der Waals surface area contributed by atoms with Crippen molar-refractivity contribution in [3.05, 3.63) is 42.3 Å². The van der Waals surface area contributed by atoms with Crippen LogP contribution in [-0.4, -0.2) is 72.0 Å². The molecule has 2 aliphatic carbocycles. The maximum absolute atomic E-state index is 14.7. The number of hydrogen-bond donors (Lipinski definition) is 2. The summed E-state index contributed by atoms with van der Waals surface area (Å²) in [5.74, 6) is 1.00. The third-order valence-electron chi connectivity index (χ3n) is 8.84. The van der Waals surface area contributed by atoms with E-state index in [0.717, 1.165) is 50.4 Å². The summed E-state index contributed by atoms with van der Waals surface area (Å²) in [7, 11) is -3.66. The molecule has 1 aromatic carbocycles. The van der Waals surface area contributed by atoms with Crippen LogP contribution in [0, 0.1) is 23.1 Å². The van der Waals surface area contributed by atoms with Crippen molar-refractivity contribution in [2.75, 3.05) is 53.1 Å². The highest BCUT2D eigenvalue weighted by Gasteiger charge is 2.46. The number of fused-ring (bicyclic) bond motifs is 1. The van der Waals surface area contributed by atoms with E-state index in [2.05, 4.69) is 24.9 Å². The van der Waals surface area contributed by atoms with Crippen LogP contribution in [0.5, 0.6) is 0 Å². The molecule has 206 valence electrons. The number of nitrogens with one attached hydrogen (secondary N) is 1. The molecular formula is C27H32FN7O3S. The minimum Gasteiger partial charge on any atom is -0.395 e. The van der Waals surface area contributed by atoms with Gasteiger partial charge < -0.3 is 14.9 Å². The van der Waals surface area contributed by atoms with Crippen LogP contribution < -0.4 is 14.5 Å². The topological polar surface area (TPSA) is 116 Å². The lowest BCUT2D eigenvalue weighted by molar-refractivity contribution is 0.320. The molecule has 0 amide bonds. The largest absolute Gasteiger partial charge is 0.395 e. The Bertz CT molecular complexity index is 1500. The number of aromatic nitrogens is 4. The maximum Gasteiger partial charge on any atom is 0.234 e. The molecule has 2 N–H and O–H groups in total. The second kappa shape index (κ2) is 9.16. The molecule has 7 rings (SSSR count). The first-order chi connectivity index (χ1) is 18.8. The highest BCUT2D eigenvalue weighted by Crippen LogP contribution is 2.54. The van der Waals surface area contributed by atoms with Crippen LogP contribution in [0.2, 0.25) is 0 Å². The molecule has 2 atom stereocenters. The summed E-state index contributed by atoms with van der Waals surface area (Å²) in [5.41, 5.74) is 3.64. The third-order valence-corrected chi connectivity index (χ3v) is 10.1. The summed E-state index contributed by atoms with van der Waals surface area (Å²) in [6.45, 7) is 3.00. The molecule has 12 heteroatoms. The number of halogens is 1. The number of sulfonamides is 1. The molecule has 1 spiro atoms. The fraction of sp³-hybridized carbons (Fsp3) is 0.519. The van der Waals surface area contributed by atoms with Crippen molar-refractivity contribution in [2.45, 2.75) is 32.1 Å². The van der Waals surface area contributed by atoms with E-state index >= 15 is 0 Å². The second-order valence-corrected chi connectivity index (χ2v) is 13.4. The Morgan fingerprint density at radius 3 is 2.49 bits per heavy atom. The van der Waals surface area contributed by atoms with Crippen LogP contribution in [0.25, 0.3) is 17.1 Å². The van der Waals surface area contributed by atoms with Gasteiger partial charge in [-0.2, -0.15) is 0 Å². The van der Waals surface area contributed by atoms with E-state index in [9.17, 15) is 12.8 Å². The molecule has 2 aromatic heterocycles. The van der Waals surface area contributed by atoms with Gasteiger partial charge in [-0.3, -0.25) is 4.72 Å². The number of rotatable bonds is 8. The van der Waals surface area contributed by atoms with Crippen molar-refractivity contribution in [3.63, 3.8) is 0 Å². The Kier molecular flexibility index (Phi) is 5.81. The zero-order valence-electron chi connectivity index (χ0n) is 21.6. The molecule has 2 saturated heterocycles. The molecule has 2 aliphatic heterocycles. The second-order valence-electron chi connectivity index (χ2n) is 11.5. The molecule has 2 unspecified atom stereocenters. The molecule has 10 nitrogen and oxygen atoms in total. The van der Waals surface area contributed by atoms with Gasteiger partial charge in [0.15, 0.2) is 11.6 Å². The van der Waals surface area contributed by atoms with Crippen LogP contribution in [0.4, 0.5) is 21.6 Å². The number of aliphatic hydroxyl groups is 1. The van der Waals surface area contributed by atoms with E-state index < -0.39 is 16.6 Å². The van der Waals surface area contributed by atoms with E-state index in [1.54, 1.807) is 23.0 Å².